The second kappa shape index (κ2) is 6.95. The quantitative estimate of drug-likeness (QED) is 0.730. The fourth-order valence-corrected chi connectivity index (χ4v) is 5.75. The zero-order valence-electron chi connectivity index (χ0n) is 16.3. The predicted octanol–water partition coefficient (Wildman–Crippen LogP) is 2.48. The Morgan fingerprint density at radius 2 is 1.97 bits per heavy atom. The third-order valence-electron chi connectivity index (χ3n) is 5.38. The molecule has 0 spiro atoms. The first kappa shape index (κ1) is 19.6. The Morgan fingerprint density at radius 1 is 1.24 bits per heavy atom. The van der Waals surface area contributed by atoms with Crippen LogP contribution in [0.1, 0.15) is 31.1 Å². The van der Waals surface area contributed by atoms with Crippen LogP contribution >= 0.6 is 11.8 Å². The SMILES string of the molecule is CCOc1ccc2ccccc2c1C(=O)N[C@@H]1C(=O)N2[C@@H]1SC(C)(C)[C@H]2C(=O)O. The van der Waals surface area contributed by atoms with Gasteiger partial charge in [0.15, 0.2) is 0 Å². The topological polar surface area (TPSA) is 95.9 Å². The van der Waals surface area contributed by atoms with E-state index < -0.39 is 34.1 Å². The number of thioether (sulfide) groups is 1. The molecule has 0 saturated carbocycles. The summed E-state index contributed by atoms with van der Waals surface area (Å²) in [5.41, 5.74) is 0.383. The maximum absolute atomic E-state index is 13.2. The number of carboxylic acid groups (broad SMARTS) is 1. The Bertz CT molecular complexity index is 1020. The molecule has 8 heteroatoms. The summed E-state index contributed by atoms with van der Waals surface area (Å²) >= 11 is 1.40. The molecule has 29 heavy (non-hydrogen) atoms. The van der Waals surface area contributed by atoms with Gasteiger partial charge in [-0.3, -0.25) is 9.59 Å². The molecular formula is C21H22N2O5S. The van der Waals surface area contributed by atoms with Crippen LogP contribution in [0.15, 0.2) is 36.4 Å². The van der Waals surface area contributed by atoms with E-state index in [9.17, 15) is 19.5 Å². The molecule has 2 saturated heterocycles. The van der Waals surface area contributed by atoms with Crippen molar-refractivity contribution in [2.45, 2.75) is 43.0 Å². The standard InChI is InChI=1S/C21H22N2O5S/c1-4-28-13-10-9-11-7-5-6-8-12(11)14(13)17(24)22-15-18(25)23-16(20(26)27)21(2,3)29-19(15)23/h5-10,15-16,19H,4H2,1-3H3,(H,22,24)(H,26,27)/t15-,16-,19-/m1/s1. The first-order chi connectivity index (χ1) is 13.8. The summed E-state index contributed by atoms with van der Waals surface area (Å²) in [6, 6.07) is 9.46. The van der Waals surface area contributed by atoms with E-state index in [0.29, 0.717) is 17.9 Å². The number of amides is 2. The summed E-state index contributed by atoms with van der Waals surface area (Å²) in [6.45, 7) is 5.85. The van der Waals surface area contributed by atoms with Gasteiger partial charge in [0.2, 0.25) is 5.91 Å². The molecule has 0 unspecified atom stereocenters. The molecule has 2 aromatic rings. The van der Waals surface area contributed by atoms with E-state index in [1.807, 2.05) is 37.3 Å². The third kappa shape index (κ3) is 3.02. The van der Waals surface area contributed by atoms with E-state index in [-0.39, 0.29) is 5.91 Å². The second-order valence-electron chi connectivity index (χ2n) is 7.64. The Balaban J connectivity index is 1.64. The minimum Gasteiger partial charge on any atom is -0.493 e. The molecule has 2 amide bonds. The number of ether oxygens (including phenoxy) is 1. The van der Waals surface area contributed by atoms with Gasteiger partial charge in [0.05, 0.1) is 12.2 Å². The van der Waals surface area contributed by atoms with Crippen molar-refractivity contribution in [3.8, 4) is 5.75 Å². The number of hydrogen-bond donors (Lipinski definition) is 2. The van der Waals surface area contributed by atoms with Crippen LogP contribution in [-0.2, 0) is 9.59 Å². The number of rotatable bonds is 5. The van der Waals surface area contributed by atoms with Gasteiger partial charge in [0, 0.05) is 4.75 Å². The average Bonchev–Trinajstić information content (AvgIpc) is 2.94. The first-order valence-electron chi connectivity index (χ1n) is 9.44. The van der Waals surface area contributed by atoms with E-state index in [0.717, 1.165) is 10.8 Å². The van der Waals surface area contributed by atoms with Crippen LogP contribution in [0, 0.1) is 0 Å². The molecule has 0 aliphatic carbocycles. The summed E-state index contributed by atoms with van der Waals surface area (Å²) < 4.78 is 5.02. The van der Waals surface area contributed by atoms with E-state index in [4.69, 9.17) is 4.74 Å². The van der Waals surface area contributed by atoms with Crippen LogP contribution in [0.25, 0.3) is 10.8 Å². The number of hydrogen-bond acceptors (Lipinski definition) is 5. The minimum absolute atomic E-state index is 0.368. The van der Waals surface area contributed by atoms with Crippen molar-refractivity contribution < 1.29 is 24.2 Å². The molecule has 2 heterocycles. The van der Waals surface area contributed by atoms with Crippen LogP contribution in [0.3, 0.4) is 0 Å². The number of nitrogens with one attached hydrogen (secondary N) is 1. The zero-order valence-corrected chi connectivity index (χ0v) is 17.2. The van der Waals surface area contributed by atoms with Crippen molar-refractivity contribution in [2.75, 3.05) is 6.61 Å². The summed E-state index contributed by atoms with van der Waals surface area (Å²) in [6.07, 6.45) is 0. The number of fused-ring (bicyclic) bond motifs is 2. The van der Waals surface area contributed by atoms with Gasteiger partial charge in [-0.05, 0) is 37.6 Å². The van der Waals surface area contributed by atoms with Crippen molar-refractivity contribution >= 4 is 40.3 Å². The number of nitrogens with zero attached hydrogens (tertiary/aromatic N) is 1. The average molecular weight is 414 g/mol. The number of β-lactam (4-membered cyclic amide) rings is 1. The molecular weight excluding hydrogens is 392 g/mol. The van der Waals surface area contributed by atoms with Crippen LogP contribution in [0.4, 0.5) is 0 Å². The van der Waals surface area contributed by atoms with Crippen molar-refractivity contribution in [3.63, 3.8) is 0 Å². The zero-order chi connectivity index (χ0) is 20.9. The van der Waals surface area contributed by atoms with Crippen molar-refractivity contribution in [1.29, 1.82) is 0 Å². The molecule has 2 aliphatic heterocycles. The summed E-state index contributed by atoms with van der Waals surface area (Å²) in [5, 5.41) is 13.6. The Kier molecular flexibility index (Phi) is 4.69. The largest absolute Gasteiger partial charge is 0.493 e. The van der Waals surface area contributed by atoms with E-state index in [1.54, 1.807) is 19.9 Å². The number of carboxylic acids is 1. The Morgan fingerprint density at radius 3 is 2.66 bits per heavy atom. The highest BCUT2D eigenvalue weighted by molar-refractivity contribution is 8.01. The minimum atomic E-state index is -1.03. The summed E-state index contributed by atoms with van der Waals surface area (Å²) in [7, 11) is 0. The molecule has 2 N–H and O–H groups in total. The molecule has 7 nitrogen and oxygen atoms in total. The first-order valence-corrected chi connectivity index (χ1v) is 10.3. The predicted molar refractivity (Wildman–Crippen MR) is 110 cm³/mol. The van der Waals surface area contributed by atoms with Gasteiger partial charge in [0.1, 0.15) is 23.2 Å². The van der Waals surface area contributed by atoms with Crippen molar-refractivity contribution in [2.24, 2.45) is 0 Å². The van der Waals surface area contributed by atoms with E-state index in [2.05, 4.69) is 5.32 Å². The van der Waals surface area contributed by atoms with Crippen molar-refractivity contribution in [3.05, 3.63) is 42.0 Å². The maximum Gasteiger partial charge on any atom is 0.327 e. The molecule has 3 atom stereocenters. The van der Waals surface area contributed by atoms with Gasteiger partial charge >= 0.3 is 5.97 Å². The number of carbonyl (C=O) groups excluding carboxylic acids is 2. The molecule has 0 bridgehead atoms. The van der Waals surface area contributed by atoms with Crippen LogP contribution in [0.2, 0.25) is 0 Å². The fourth-order valence-electron chi connectivity index (χ4n) is 4.12. The highest BCUT2D eigenvalue weighted by Gasteiger charge is 2.64. The van der Waals surface area contributed by atoms with Crippen molar-refractivity contribution in [1.82, 2.24) is 10.2 Å². The molecule has 0 radical (unpaired) electrons. The smallest absolute Gasteiger partial charge is 0.327 e. The highest BCUT2D eigenvalue weighted by atomic mass is 32.2. The van der Waals surface area contributed by atoms with Gasteiger partial charge < -0.3 is 20.1 Å². The van der Waals surface area contributed by atoms with E-state index in [1.165, 1.54) is 16.7 Å². The van der Waals surface area contributed by atoms with Gasteiger partial charge in [-0.2, -0.15) is 0 Å². The molecule has 0 aromatic heterocycles. The lowest BCUT2D eigenvalue weighted by Crippen LogP contribution is -2.70. The van der Waals surface area contributed by atoms with Crippen LogP contribution in [0.5, 0.6) is 5.75 Å². The normalized spacial score (nSPS) is 24.7. The second-order valence-corrected chi connectivity index (χ2v) is 9.41. The van der Waals surface area contributed by atoms with Gasteiger partial charge in [-0.1, -0.05) is 30.3 Å². The lowest BCUT2D eigenvalue weighted by Gasteiger charge is -2.43. The van der Waals surface area contributed by atoms with Crippen LogP contribution in [-0.4, -0.2) is 56.6 Å². The molecule has 2 aromatic carbocycles. The molecule has 152 valence electrons. The third-order valence-corrected chi connectivity index (χ3v) is 6.95. The fraction of sp³-hybridized carbons (Fsp3) is 0.381. The summed E-state index contributed by atoms with van der Waals surface area (Å²) in [4.78, 5) is 38.9. The van der Waals surface area contributed by atoms with Gasteiger partial charge in [-0.25, -0.2) is 4.79 Å². The Labute approximate surface area is 172 Å². The van der Waals surface area contributed by atoms with Gasteiger partial charge in [0.25, 0.3) is 5.91 Å². The maximum atomic E-state index is 13.2. The number of carbonyl (C=O) groups is 3. The molecule has 2 aliphatic rings. The monoisotopic (exact) mass is 414 g/mol. The molecule has 4 rings (SSSR count). The highest BCUT2D eigenvalue weighted by Crippen LogP contribution is 2.50. The van der Waals surface area contributed by atoms with Gasteiger partial charge in [-0.15, -0.1) is 11.8 Å². The van der Waals surface area contributed by atoms with E-state index >= 15 is 0 Å². The lowest BCUT2D eigenvalue weighted by molar-refractivity contribution is -0.159. The molecule has 2 fully saturated rings. The number of aliphatic carboxylic acids is 1. The Hall–Kier alpha value is -2.74. The summed E-state index contributed by atoms with van der Waals surface area (Å²) in [5.74, 6) is -1.35. The number of benzene rings is 2. The van der Waals surface area contributed by atoms with Crippen LogP contribution < -0.4 is 10.1 Å². The lowest BCUT2D eigenvalue weighted by atomic mass is 9.95.